The normalized spacial score (nSPS) is 17.6. The first-order chi connectivity index (χ1) is 17.0. The summed E-state index contributed by atoms with van der Waals surface area (Å²) in [5.41, 5.74) is 1.77. The van der Waals surface area contributed by atoms with Crippen molar-refractivity contribution < 1.29 is 37.8 Å². The second-order valence-electron chi connectivity index (χ2n) is 8.12. The number of aromatic carboxylic acids is 1. The Balaban J connectivity index is 1.39. The zero-order valence-electron chi connectivity index (χ0n) is 18.0. The van der Waals surface area contributed by atoms with Gasteiger partial charge in [0, 0.05) is 17.2 Å². The fourth-order valence-corrected chi connectivity index (χ4v) is 4.32. The minimum absolute atomic E-state index is 0.00312. The summed E-state index contributed by atoms with van der Waals surface area (Å²) < 4.78 is 22.8. The summed E-state index contributed by atoms with van der Waals surface area (Å²) in [6.07, 6.45) is 3.02. The van der Waals surface area contributed by atoms with Gasteiger partial charge in [-0.25, -0.2) is 4.79 Å². The topological polar surface area (TPSA) is 116 Å². The molecule has 8 heteroatoms. The van der Waals surface area contributed by atoms with E-state index in [2.05, 4.69) is 0 Å². The number of benzene rings is 2. The number of carbonyl (C=O) groups is 3. The Morgan fingerprint density at radius 3 is 2.54 bits per heavy atom. The second kappa shape index (κ2) is 7.88. The van der Waals surface area contributed by atoms with Crippen LogP contribution in [-0.2, 0) is 4.79 Å². The lowest BCUT2D eigenvalue weighted by Crippen LogP contribution is -2.21. The fourth-order valence-electron chi connectivity index (χ4n) is 4.32. The molecule has 35 heavy (non-hydrogen) atoms. The smallest absolute Gasteiger partial charge is 0.335 e. The molecule has 0 amide bonds. The van der Waals surface area contributed by atoms with Crippen molar-refractivity contribution in [3.8, 4) is 22.8 Å². The third-order valence-corrected chi connectivity index (χ3v) is 5.98. The number of Topliss-reactive ketones (excluding diaryl/α,β-unsaturated/α-hetero) is 1. The molecule has 0 aliphatic carbocycles. The van der Waals surface area contributed by atoms with Gasteiger partial charge in [-0.2, -0.15) is 0 Å². The van der Waals surface area contributed by atoms with Crippen LogP contribution in [-0.4, -0.2) is 22.8 Å². The van der Waals surface area contributed by atoms with Gasteiger partial charge in [0.05, 0.1) is 29.7 Å². The summed E-state index contributed by atoms with van der Waals surface area (Å²) in [7, 11) is 0. The van der Waals surface area contributed by atoms with E-state index in [1.807, 2.05) is 0 Å². The molecule has 0 radical (unpaired) electrons. The van der Waals surface area contributed by atoms with Crippen molar-refractivity contribution in [2.45, 2.75) is 12.3 Å². The molecule has 6 rings (SSSR count). The number of furan rings is 2. The quantitative estimate of drug-likeness (QED) is 0.244. The molecule has 2 aliphatic heterocycles. The maximum Gasteiger partial charge on any atom is 0.335 e. The van der Waals surface area contributed by atoms with Crippen LogP contribution in [0.25, 0.3) is 17.4 Å². The van der Waals surface area contributed by atoms with Crippen molar-refractivity contribution in [2.24, 2.45) is 0 Å². The van der Waals surface area contributed by atoms with Gasteiger partial charge < -0.3 is 23.4 Å². The van der Waals surface area contributed by atoms with Crippen molar-refractivity contribution in [1.29, 1.82) is 0 Å². The molecule has 2 aromatic carbocycles. The van der Waals surface area contributed by atoms with Crippen LogP contribution in [0.3, 0.4) is 0 Å². The van der Waals surface area contributed by atoms with Crippen LogP contribution in [0.5, 0.6) is 11.5 Å². The molecule has 4 aromatic rings. The number of allylic oxidation sites excluding steroid dienone is 1. The lowest BCUT2D eigenvalue weighted by Gasteiger charge is -2.24. The number of hydrogen-bond acceptors (Lipinski definition) is 7. The van der Waals surface area contributed by atoms with Crippen LogP contribution < -0.4 is 9.47 Å². The molecule has 0 saturated heterocycles. The molecule has 8 nitrogen and oxygen atoms in total. The summed E-state index contributed by atoms with van der Waals surface area (Å²) in [5, 5.41) is 9.11. The van der Waals surface area contributed by atoms with E-state index < -0.39 is 17.9 Å². The Labute approximate surface area is 198 Å². The van der Waals surface area contributed by atoms with Crippen molar-refractivity contribution in [3.63, 3.8) is 0 Å². The van der Waals surface area contributed by atoms with Crippen molar-refractivity contribution in [1.82, 2.24) is 0 Å². The van der Waals surface area contributed by atoms with Gasteiger partial charge in [0.1, 0.15) is 28.8 Å². The van der Waals surface area contributed by atoms with E-state index in [4.69, 9.17) is 23.4 Å². The minimum Gasteiger partial charge on any atom is -0.478 e. The van der Waals surface area contributed by atoms with Gasteiger partial charge in [0.2, 0.25) is 5.78 Å². The molecule has 1 atom stereocenters. The van der Waals surface area contributed by atoms with E-state index in [1.54, 1.807) is 48.5 Å². The van der Waals surface area contributed by atoms with Gasteiger partial charge in [-0.05, 0) is 48.5 Å². The largest absolute Gasteiger partial charge is 0.478 e. The first-order valence-electron chi connectivity index (χ1n) is 10.8. The van der Waals surface area contributed by atoms with E-state index in [-0.39, 0.29) is 23.5 Å². The van der Waals surface area contributed by atoms with Gasteiger partial charge in [0.15, 0.2) is 5.76 Å². The molecule has 1 N–H and O–H groups in total. The Morgan fingerprint density at radius 2 is 1.80 bits per heavy atom. The molecular formula is C27H16O8. The van der Waals surface area contributed by atoms with Gasteiger partial charge >= 0.3 is 11.9 Å². The Bertz CT molecular complexity index is 1520. The first kappa shape index (κ1) is 20.7. The van der Waals surface area contributed by atoms with Gasteiger partial charge in [-0.15, -0.1) is 0 Å². The molecule has 2 aliphatic rings. The average molecular weight is 468 g/mol. The second-order valence-corrected chi connectivity index (χ2v) is 8.12. The van der Waals surface area contributed by atoms with Crippen molar-refractivity contribution >= 4 is 23.8 Å². The third kappa shape index (κ3) is 3.52. The van der Waals surface area contributed by atoms with E-state index in [0.717, 1.165) is 0 Å². The number of rotatable bonds is 4. The van der Waals surface area contributed by atoms with Crippen LogP contribution >= 0.6 is 0 Å². The standard InChI is InChI=1S/C27H16O8/c28-23-13-18(20-10-9-19(33-20)14-3-5-15(6-4-14)27(30)31)24-21(34-23)8-7-17-25(29)22(35-26(17)24)12-16-2-1-11-32-16/h1-12,18H,13H2,(H,30,31)/b22-12-. The highest BCUT2D eigenvalue weighted by molar-refractivity contribution is 6.15. The zero-order valence-corrected chi connectivity index (χ0v) is 18.0. The van der Waals surface area contributed by atoms with Gasteiger partial charge in [0.25, 0.3) is 0 Å². The number of fused-ring (bicyclic) bond motifs is 3. The predicted molar refractivity (Wildman–Crippen MR) is 121 cm³/mol. The van der Waals surface area contributed by atoms with E-state index in [0.29, 0.717) is 45.5 Å². The highest BCUT2D eigenvalue weighted by Crippen LogP contribution is 2.49. The number of carboxylic acids is 1. The van der Waals surface area contributed by atoms with Crippen LogP contribution in [0.2, 0.25) is 0 Å². The maximum absolute atomic E-state index is 13.0. The Morgan fingerprint density at radius 1 is 0.971 bits per heavy atom. The number of hydrogen-bond donors (Lipinski definition) is 1. The SMILES string of the molecule is O=C1CC(c2ccc(-c3ccc(C(=O)O)cc3)o2)c2c(ccc3c2O/C(=C\c2ccco2)C3=O)O1. The number of ether oxygens (including phenoxy) is 2. The number of esters is 1. The molecule has 1 unspecified atom stereocenters. The number of carbonyl (C=O) groups excluding carboxylic acids is 2. The first-order valence-corrected chi connectivity index (χ1v) is 10.8. The monoisotopic (exact) mass is 468 g/mol. The van der Waals surface area contributed by atoms with E-state index >= 15 is 0 Å². The fraction of sp³-hybridized carbons (Fsp3) is 0.0741. The van der Waals surface area contributed by atoms with Crippen LogP contribution in [0.1, 0.15) is 50.1 Å². The maximum atomic E-state index is 13.0. The Hall–Kier alpha value is -4.85. The lowest BCUT2D eigenvalue weighted by atomic mass is 9.88. The minimum atomic E-state index is -1.02. The number of carboxylic acid groups (broad SMARTS) is 1. The summed E-state index contributed by atoms with van der Waals surface area (Å²) in [6, 6.07) is 16.4. The van der Waals surface area contributed by atoms with Crippen molar-refractivity contribution in [2.75, 3.05) is 0 Å². The molecule has 4 heterocycles. The van der Waals surface area contributed by atoms with Gasteiger partial charge in [-0.3, -0.25) is 9.59 Å². The highest BCUT2D eigenvalue weighted by Gasteiger charge is 2.39. The lowest BCUT2D eigenvalue weighted by molar-refractivity contribution is -0.135. The van der Waals surface area contributed by atoms with Crippen molar-refractivity contribution in [3.05, 3.63) is 101 Å². The van der Waals surface area contributed by atoms with Crippen LogP contribution in [0.4, 0.5) is 0 Å². The molecule has 0 fully saturated rings. The third-order valence-electron chi connectivity index (χ3n) is 5.98. The highest BCUT2D eigenvalue weighted by atomic mass is 16.5. The van der Waals surface area contributed by atoms with Crippen LogP contribution in [0.15, 0.2) is 81.5 Å². The number of ketones is 1. The summed E-state index contributed by atoms with van der Waals surface area (Å²) in [5.74, 6) is -0.0570. The summed E-state index contributed by atoms with van der Waals surface area (Å²) in [4.78, 5) is 36.5. The van der Waals surface area contributed by atoms with Gasteiger partial charge in [-0.1, -0.05) is 12.1 Å². The van der Waals surface area contributed by atoms with E-state index in [9.17, 15) is 14.4 Å². The Kier molecular flexibility index (Phi) is 4.67. The zero-order chi connectivity index (χ0) is 24.1. The summed E-state index contributed by atoms with van der Waals surface area (Å²) in [6.45, 7) is 0. The molecule has 0 saturated carbocycles. The van der Waals surface area contributed by atoms with E-state index in [1.165, 1.54) is 24.5 Å². The molecular weight excluding hydrogens is 452 g/mol. The molecule has 0 bridgehead atoms. The molecule has 172 valence electrons. The molecule has 2 aromatic heterocycles. The average Bonchev–Trinajstić information content (AvgIpc) is 3.60. The molecule has 0 spiro atoms. The van der Waals surface area contributed by atoms with Crippen LogP contribution in [0, 0.1) is 0 Å². The predicted octanol–water partition coefficient (Wildman–Crippen LogP) is 5.30. The summed E-state index contributed by atoms with van der Waals surface area (Å²) >= 11 is 0.